The van der Waals surface area contributed by atoms with Crippen molar-refractivity contribution in [2.45, 2.75) is 13.0 Å². The summed E-state index contributed by atoms with van der Waals surface area (Å²) in [5, 5.41) is 4.27. The van der Waals surface area contributed by atoms with Crippen molar-refractivity contribution in [3.05, 3.63) is 0 Å². The summed E-state index contributed by atoms with van der Waals surface area (Å²) in [7, 11) is 2.15. The standard InChI is InChI=1S/C6H13N2/c1-6-5-7-3-4-8(6)2/h6H,3-5H2,1-2H3. The van der Waals surface area contributed by atoms with Crippen molar-refractivity contribution >= 4 is 0 Å². The Labute approximate surface area is 50.9 Å². The zero-order valence-electron chi connectivity index (χ0n) is 5.59. The van der Waals surface area contributed by atoms with Gasteiger partial charge in [0.25, 0.3) is 0 Å². The summed E-state index contributed by atoms with van der Waals surface area (Å²) >= 11 is 0. The second kappa shape index (κ2) is 2.46. The maximum absolute atomic E-state index is 4.27. The topological polar surface area (TPSA) is 17.3 Å². The predicted octanol–water partition coefficient (Wildman–Crippen LogP) is -0.0753. The van der Waals surface area contributed by atoms with Crippen LogP contribution in [0.4, 0.5) is 0 Å². The van der Waals surface area contributed by atoms with Crippen LogP contribution >= 0.6 is 0 Å². The minimum absolute atomic E-state index is 0.670. The lowest BCUT2D eigenvalue weighted by Crippen LogP contribution is -2.44. The SMILES string of the molecule is CC1C[N]CCN1C. The number of hydrogen-bond donors (Lipinski definition) is 0. The normalized spacial score (nSPS) is 33.0. The van der Waals surface area contributed by atoms with Gasteiger partial charge in [0.15, 0.2) is 0 Å². The summed E-state index contributed by atoms with van der Waals surface area (Å²) in [5.74, 6) is 0. The van der Waals surface area contributed by atoms with Crippen molar-refractivity contribution in [1.82, 2.24) is 10.2 Å². The Morgan fingerprint density at radius 1 is 1.62 bits per heavy atom. The third-order valence-corrected chi connectivity index (χ3v) is 1.76. The highest BCUT2D eigenvalue weighted by molar-refractivity contribution is 4.71. The van der Waals surface area contributed by atoms with Gasteiger partial charge in [0, 0.05) is 25.7 Å². The fourth-order valence-electron chi connectivity index (χ4n) is 0.866. The zero-order chi connectivity index (χ0) is 5.98. The van der Waals surface area contributed by atoms with Crippen LogP contribution < -0.4 is 5.32 Å². The first-order valence-electron chi connectivity index (χ1n) is 3.14. The minimum atomic E-state index is 0.670. The maximum Gasteiger partial charge on any atom is 0.0287 e. The van der Waals surface area contributed by atoms with Gasteiger partial charge in [-0.3, -0.25) is 0 Å². The Balaban J connectivity index is 2.28. The van der Waals surface area contributed by atoms with Crippen LogP contribution in [-0.2, 0) is 0 Å². The maximum atomic E-state index is 4.27. The van der Waals surface area contributed by atoms with Gasteiger partial charge in [-0.15, -0.1) is 0 Å². The van der Waals surface area contributed by atoms with Crippen LogP contribution in [-0.4, -0.2) is 37.6 Å². The summed E-state index contributed by atoms with van der Waals surface area (Å²) in [6.07, 6.45) is 0. The second-order valence-electron chi connectivity index (χ2n) is 2.46. The van der Waals surface area contributed by atoms with Crippen LogP contribution in [0.1, 0.15) is 6.92 Å². The van der Waals surface area contributed by atoms with Crippen LogP contribution in [0.5, 0.6) is 0 Å². The van der Waals surface area contributed by atoms with E-state index in [1.54, 1.807) is 0 Å². The molecule has 0 bridgehead atoms. The molecular formula is C6H13N2. The van der Waals surface area contributed by atoms with Crippen molar-refractivity contribution in [2.75, 3.05) is 26.7 Å². The van der Waals surface area contributed by atoms with Crippen LogP contribution in [0, 0.1) is 0 Å². The Bertz CT molecular complexity index is 62.9. The first-order valence-corrected chi connectivity index (χ1v) is 3.14. The van der Waals surface area contributed by atoms with Gasteiger partial charge in [0.1, 0.15) is 0 Å². The van der Waals surface area contributed by atoms with E-state index in [4.69, 9.17) is 0 Å². The Hall–Kier alpha value is -0.0800. The quantitative estimate of drug-likeness (QED) is 0.429. The number of piperazine rings is 1. The first-order chi connectivity index (χ1) is 3.80. The molecule has 0 aromatic rings. The molecule has 1 aliphatic rings. The fraction of sp³-hybridized carbons (Fsp3) is 1.00. The second-order valence-corrected chi connectivity index (χ2v) is 2.46. The highest BCUT2D eigenvalue weighted by atomic mass is 15.2. The number of hydrogen-bond acceptors (Lipinski definition) is 1. The number of rotatable bonds is 0. The van der Waals surface area contributed by atoms with Crippen LogP contribution in [0.3, 0.4) is 0 Å². The minimum Gasteiger partial charge on any atom is -0.301 e. The molecule has 0 amide bonds. The molecule has 1 unspecified atom stereocenters. The van der Waals surface area contributed by atoms with E-state index in [1.807, 2.05) is 0 Å². The monoisotopic (exact) mass is 113 g/mol. The fourth-order valence-corrected chi connectivity index (χ4v) is 0.866. The molecule has 1 fully saturated rings. The third-order valence-electron chi connectivity index (χ3n) is 1.76. The van der Waals surface area contributed by atoms with Gasteiger partial charge in [0.2, 0.25) is 0 Å². The van der Waals surface area contributed by atoms with E-state index in [9.17, 15) is 0 Å². The van der Waals surface area contributed by atoms with E-state index < -0.39 is 0 Å². The van der Waals surface area contributed by atoms with Crippen LogP contribution in [0.15, 0.2) is 0 Å². The highest BCUT2D eigenvalue weighted by Gasteiger charge is 2.12. The molecule has 0 aliphatic carbocycles. The molecule has 0 saturated carbocycles. The summed E-state index contributed by atoms with van der Waals surface area (Å²) in [6.45, 7) is 5.40. The summed E-state index contributed by atoms with van der Waals surface area (Å²) in [6, 6.07) is 0.670. The molecule has 1 rings (SSSR count). The molecule has 47 valence electrons. The summed E-state index contributed by atoms with van der Waals surface area (Å²) in [4.78, 5) is 2.34. The Kier molecular flexibility index (Phi) is 1.86. The molecule has 1 saturated heterocycles. The molecule has 0 aromatic carbocycles. The molecular weight excluding hydrogens is 100 g/mol. The molecule has 0 spiro atoms. The smallest absolute Gasteiger partial charge is 0.0287 e. The number of likely N-dealkylation sites (N-methyl/N-ethyl adjacent to an activating group) is 1. The van der Waals surface area contributed by atoms with E-state index in [1.165, 1.54) is 0 Å². The summed E-state index contributed by atoms with van der Waals surface area (Å²) < 4.78 is 0. The van der Waals surface area contributed by atoms with Crippen molar-refractivity contribution in [1.29, 1.82) is 0 Å². The largest absolute Gasteiger partial charge is 0.301 e. The van der Waals surface area contributed by atoms with E-state index in [0.29, 0.717) is 6.04 Å². The molecule has 2 nitrogen and oxygen atoms in total. The Morgan fingerprint density at radius 2 is 2.38 bits per heavy atom. The van der Waals surface area contributed by atoms with Crippen LogP contribution in [0.25, 0.3) is 0 Å². The van der Waals surface area contributed by atoms with E-state index in [0.717, 1.165) is 19.6 Å². The van der Waals surface area contributed by atoms with Crippen molar-refractivity contribution < 1.29 is 0 Å². The van der Waals surface area contributed by atoms with Gasteiger partial charge in [0.05, 0.1) is 0 Å². The lowest BCUT2D eigenvalue weighted by Gasteiger charge is -2.28. The highest BCUT2D eigenvalue weighted by Crippen LogP contribution is 1.97. The van der Waals surface area contributed by atoms with Gasteiger partial charge < -0.3 is 4.90 Å². The van der Waals surface area contributed by atoms with E-state index >= 15 is 0 Å². The average Bonchev–Trinajstić information content (AvgIpc) is 1.77. The van der Waals surface area contributed by atoms with Gasteiger partial charge >= 0.3 is 0 Å². The first kappa shape index (κ1) is 6.05. The summed E-state index contributed by atoms with van der Waals surface area (Å²) in [5.41, 5.74) is 0. The molecule has 1 heterocycles. The Morgan fingerprint density at radius 3 is 2.75 bits per heavy atom. The molecule has 0 aromatic heterocycles. The van der Waals surface area contributed by atoms with Gasteiger partial charge in [-0.2, -0.15) is 0 Å². The molecule has 1 radical (unpaired) electrons. The van der Waals surface area contributed by atoms with Crippen LogP contribution in [0.2, 0.25) is 0 Å². The van der Waals surface area contributed by atoms with Gasteiger partial charge in [-0.1, -0.05) is 0 Å². The van der Waals surface area contributed by atoms with E-state index in [2.05, 4.69) is 24.2 Å². The van der Waals surface area contributed by atoms with E-state index in [-0.39, 0.29) is 0 Å². The van der Waals surface area contributed by atoms with Crippen molar-refractivity contribution in [3.63, 3.8) is 0 Å². The van der Waals surface area contributed by atoms with Gasteiger partial charge in [-0.25, -0.2) is 5.32 Å². The molecule has 1 atom stereocenters. The van der Waals surface area contributed by atoms with Crippen molar-refractivity contribution in [2.24, 2.45) is 0 Å². The zero-order valence-corrected chi connectivity index (χ0v) is 5.59. The third kappa shape index (κ3) is 1.20. The molecule has 1 aliphatic heterocycles. The average molecular weight is 113 g/mol. The lowest BCUT2D eigenvalue weighted by molar-refractivity contribution is 0.212. The number of nitrogens with zero attached hydrogens (tertiary/aromatic N) is 2. The lowest BCUT2D eigenvalue weighted by atomic mass is 10.2. The molecule has 2 heteroatoms. The molecule has 8 heavy (non-hydrogen) atoms. The van der Waals surface area contributed by atoms with Crippen molar-refractivity contribution in [3.8, 4) is 0 Å². The molecule has 0 N–H and O–H groups in total. The predicted molar refractivity (Wildman–Crippen MR) is 34.0 cm³/mol. The van der Waals surface area contributed by atoms with Gasteiger partial charge in [-0.05, 0) is 14.0 Å².